The van der Waals surface area contributed by atoms with Crippen molar-refractivity contribution in [3.63, 3.8) is 0 Å². The molecule has 1 heterocycles. The highest BCUT2D eigenvalue weighted by Gasteiger charge is 2.28. The number of hydrogen-bond donors (Lipinski definition) is 1. The Morgan fingerprint density at radius 2 is 2.09 bits per heavy atom. The van der Waals surface area contributed by atoms with Crippen LogP contribution >= 0.6 is 0 Å². The molecular weight excluding hydrogens is 294 g/mol. The molecule has 0 atom stereocenters. The molecule has 0 unspecified atom stereocenters. The van der Waals surface area contributed by atoms with Gasteiger partial charge < -0.3 is 14.7 Å². The second kappa shape index (κ2) is 8.70. The first-order valence-electron chi connectivity index (χ1n) is 8.62. The first-order valence-corrected chi connectivity index (χ1v) is 8.62. The zero-order valence-corrected chi connectivity index (χ0v) is 14.1. The fourth-order valence-electron chi connectivity index (χ4n) is 3.03. The van der Waals surface area contributed by atoms with Crippen molar-refractivity contribution in [1.29, 1.82) is 0 Å². The third-order valence-corrected chi connectivity index (χ3v) is 4.28. The van der Waals surface area contributed by atoms with Gasteiger partial charge in [0.1, 0.15) is 5.76 Å². The molecular formula is C17H27N3O3. The summed E-state index contributed by atoms with van der Waals surface area (Å²) >= 11 is 0. The summed E-state index contributed by atoms with van der Waals surface area (Å²) in [6.07, 6.45) is 7.23. The molecule has 6 nitrogen and oxygen atoms in total. The Morgan fingerprint density at radius 1 is 1.35 bits per heavy atom. The molecule has 6 heteroatoms. The molecule has 2 rings (SSSR count). The van der Waals surface area contributed by atoms with E-state index in [4.69, 9.17) is 4.52 Å². The Labute approximate surface area is 137 Å². The van der Waals surface area contributed by atoms with Gasteiger partial charge in [0.15, 0.2) is 5.82 Å². The SMILES string of the molecule is CCCCCN(CC(=O)Nc1cc(C)on1)C(=O)C1CCCC1. The van der Waals surface area contributed by atoms with Crippen LogP contribution in [0.5, 0.6) is 0 Å². The van der Waals surface area contributed by atoms with Crippen LogP contribution in [-0.2, 0) is 9.59 Å². The standard InChI is InChI=1S/C17H27N3O3/c1-3-4-7-10-20(17(22)14-8-5-6-9-14)12-16(21)18-15-11-13(2)23-19-15/h11,14H,3-10,12H2,1-2H3,(H,18,19,21). The van der Waals surface area contributed by atoms with E-state index in [0.717, 1.165) is 44.9 Å². The van der Waals surface area contributed by atoms with Gasteiger partial charge in [0.25, 0.3) is 0 Å². The number of nitrogens with one attached hydrogen (secondary N) is 1. The number of amides is 2. The Hall–Kier alpha value is -1.85. The summed E-state index contributed by atoms with van der Waals surface area (Å²) in [6, 6.07) is 1.66. The monoisotopic (exact) mass is 321 g/mol. The fourth-order valence-corrected chi connectivity index (χ4v) is 3.03. The van der Waals surface area contributed by atoms with E-state index in [0.29, 0.717) is 18.1 Å². The van der Waals surface area contributed by atoms with Gasteiger partial charge in [0.2, 0.25) is 11.8 Å². The van der Waals surface area contributed by atoms with Crippen LogP contribution in [0.25, 0.3) is 0 Å². The number of aromatic nitrogens is 1. The van der Waals surface area contributed by atoms with E-state index in [1.807, 2.05) is 0 Å². The summed E-state index contributed by atoms with van der Waals surface area (Å²) in [5.41, 5.74) is 0. The highest BCUT2D eigenvalue weighted by atomic mass is 16.5. The van der Waals surface area contributed by atoms with Crippen LogP contribution in [0.2, 0.25) is 0 Å². The van der Waals surface area contributed by atoms with Gasteiger partial charge in [-0.1, -0.05) is 37.8 Å². The molecule has 1 aliphatic carbocycles. The number of nitrogens with zero attached hydrogens (tertiary/aromatic N) is 2. The van der Waals surface area contributed by atoms with Crippen molar-refractivity contribution in [2.45, 2.75) is 58.8 Å². The molecule has 0 aliphatic heterocycles. The Balaban J connectivity index is 1.92. The maximum atomic E-state index is 12.6. The summed E-state index contributed by atoms with van der Waals surface area (Å²) < 4.78 is 4.93. The van der Waals surface area contributed by atoms with Gasteiger partial charge in [0.05, 0.1) is 6.54 Å². The number of unbranched alkanes of at least 4 members (excludes halogenated alkanes) is 2. The van der Waals surface area contributed by atoms with Gasteiger partial charge in [-0.2, -0.15) is 0 Å². The second-order valence-corrected chi connectivity index (χ2v) is 6.32. The highest BCUT2D eigenvalue weighted by molar-refractivity contribution is 5.94. The van der Waals surface area contributed by atoms with Crippen LogP contribution in [0, 0.1) is 12.8 Å². The molecule has 1 aliphatic rings. The van der Waals surface area contributed by atoms with Gasteiger partial charge in [-0.05, 0) is 26.2 Å². The smallest absolute Gasteiger partial charge is 0.245 e. The summed E-state index contributed by atoms with van der Waals surface area (Å²) in [4.78, 5) is 26.6. The molecule has 23 heavy (non-hydrogen) atoms. The molecule has 0 saturated heterocycles. The minimum atomic E-state index is -0.221. The predicted octanol–water partition coefficient (Wildman–Crippen LogP) is 3.13. The molecule has 1 aromatic heterocycles. The van der Waals surface area contributed by atoms with Crippen LogP contribution in [0.15, 0.2) is 10.6 Å². The minimum Gasteiger partial charge on any atom is -0.360 e. The Morgan fingerprint density at radius 3 is 2.70 bits per heavy atom. The lowest BCUT2D eigenvalue weighted by Crippen LogP contribution is -2.41. The highest BCUT2D eigenvalue weighted by Crippen LogP contribution is 2.26. The van der Waals surface area contributed by atoms with E-state index in [9.17, 15) is 9.59 Å². The van der Waals surface area contributed by atoms with Crippen LogP contribution in [-0.4, -0.2) is 35.0 Å². The van der Waals surface area contributed by atoms with E-state index < -0.39 is 0 Å². The van der Waals surface area contributed by atoms with Crippen molar-refractivity contribution in [3.05, 3.63) is 11.8 Å². The van der Waals surface area contributed by atoms with Crippen molar-refractivity contribution < 1.29 is 14.1 Å². The number of carbonyl (C=O) groups excluding carboxylic acids is 2. The Kier molecular flexibility index (Phi) is 6.62. The van der Waals surface area contributed by atoms with Crippen LogP contribution < -0.4 is 5.32 Å². The summed E-state index contributed by atoms with van der Waals surface area (Å²) in [7, 11) is 0. The number of carbonyl (C=O) groups is 2. The largest absolute Gasteiger partial charge is 0.360 e. The molecule has 1 saturated carbocycles. The van der Waals surface area contributed by atoms with Crippen LogP contribution in [0.4, 0.5) is 5.82 Å². The molecule has 1 aromatic rings. The number of hydrogen-bond acceptors (Lipinski definition) is 4. The molecule has 0 radical (unpaired) electrons. The molecule has 0 aromatic carbocycles. The average Bonchev–Trinajstić information content (AvgIpc) is 3.17. The number of anilines is 1. The lowest BCUT2D eigenvalue weighted by atomic mass is 10.1. The quantitative estimate of drug-likeness (QED) is 0.746. The number of rotatable bonds is 8. The van der Waals surface area contributed by atoms with E-state index in [-0.39, 0.29) is 24.3 Å². The van der Waals surface area contributed by atoms with E-state index in [1.165, 1.54) is 0 Å². The number of aryl methyl sites for hydroxylation is 1. The second-order valence-electron chi connectivity index (χ2n) is 6.32. The molecule has 1 fully saturated rings. The van der Waals surface area contributed by atoms with Crippen molar-refractivity contribution in [1.82, 2.24) is 10.1 Å². The summed E-state index contributed by atoms with van der Waals surface area (Å²) in [6.45, 7) is 4.63. The average molecular weight is 321 g/mol. The summed E-state index contributed by atoms with van der Waals surface area (Å²) in [5.74, 6) is 1.04. The zero-order chi connectivity index (χ0) is 16.7. The third kappa shape index (κ3) is 5.37. The molecule has 2 amide bonds. The topological polar surface area (TPSA) is 75.4 Å². The lowest BCUT2D eigenvalue weighted by Gasteiger charge is -2.25. The Bertz CT molecular complexity index is 521. The van der Waals surface area contributed by atoms with Crippen molar-refractivity contribution in [3.8, 4) is 0 Å². The molecule has 0 spiro atoms. The van der Waals surface area contributed by atoms with Crippen LogP contribution in [0.1, 0.15) is 57.6 Å². The molecule has 1 N–H and O–H groups in total. The van der Waals surface area contributed by atoms with Gasteiger partial charge >= 0.3 is 0 Å². The summed E-state index contributed by atoms with van der Waals surface area (Å²) in [5, 5.41) is 6.44. The first-order chi connectivity index (χ1) is 11.1. The normalized spacial score (nSPS) is 14.9. The van der Waals surface area contributed by atoms with E-state index in [2.05, 4.69) is 17.4 Å². The fraction of sp³-hybridized carbons (Fsp3) is 0.706. The van der Waals surface area contributed by atoms with Gasteiger partial charge in [0, 0.05) is 18.5 Å². The van der Waals surface area contributed by atoms with Gasteiger partial charge in [-0.3, -0.25) is 9.59 Å². The third-order valence-electron chi connectivity index (χ3n) is 4.28. The van der Waals surface area contributed by atoms with Crippen LogP contribution in [0.3, 0.4) is 0 Å². The minimum absolute atomic E-state index is 0.0882. The van der Waals surface area contributed by atoms with E-state index >= 15 is 0 Å². The van der Waals surface area contributed by atoms with Gasteiger partial charge in [-0.25, -0.2) is 0 Å². The van der Waals surface area contributed by atoms with Gasteiger partial charge in [-0.15, -0.1) is 0 Å². The van der Waals surface area contributed by atoms with Crippen molar-refractivity contribution in [2.24, 2.45) is 5.92 Å². The van der Waals surface area contributed by atoms with Crippen molar-refractivity contribution >= 4 is 17.6 Å². The van der Waals surface area contributed by atoms with Crippen molar-refractivity contribution in [2.75, 3.05) is 18.4 Å². The predicted molar refractivity (Wildman–Crippen MR) is 87.9 cm³/mol. The maximum absolute atomic E-state index is 12.6. The molecule has 0 bridgehead atoms. The maximum Gasteiger partial charge on any atom is 0.245 e. The zero-order valence-electron chi connectivity index (χ0n) is 14.1. The van der Waals surface area contributed by atoms with E-state index in [1.54, 1.807) is 17.9 Å². The lowest BCUT2D eigenvalue weighted by molar-refractivity contribution is -0.138. The molecule has 128 valence electrons. The first kappa shape index (κ1) is 17.5.